The maximum Gasteiger partial charge on any atom is 0.336 e. The van der Waals surface area contributed by atoms with Crippen LogP contribution in [0.2, 0.25) is 0 Å². The molecule has 0 spiro atoms. The molecular weight excluding hydrogens is 376 g/mol. The summed E-state index contributed by atoms with van der Waals surface area (Å²) in [6.07, 6.45) is 2.47. The first-order chi connectivity index (χ1) is 14.5. The molecule has 2 heterocycles. The van der Waals surface area contributed by atoms with Crippen molar-refractivity contribution in [1.82, 2.24) is 4.90 Å². The molecule has 2 atom stereocenters. The fraction of sp³-hybridized carbons (Fsp3) is 0.417. The maximum absolute atomic E-state index is 13.1. The fourth-order valence-corrected chi connectivity index (χ4v) is 4.49. The van der Waals surface area contributed by atoms with E-state index in [4.69, 9.17) is 0 Å². The van der Waals surface area contributed by atoms with Crippen LogP contribution in [0.15, 0.2) is 48.5 Å². The Morgan fingerprint density at radius 2 is 1.67 bits per heavy atom. The van der Waals surface area contributed by atoms with Crippen LogP contribution in [0.5, 0.6) is 0 Å². The normalized spacial score (nSPS) is 20.4. The van der Waals surface area contributed by atoms with Gasteiger partial charge in [0.1, 0.15) is 12.6 Å². The van der Waals surface area contributed by atoms with Crippen molar-refractivity contribution >= 4 is 23.3 Å². The molecule has 0 saturated carbocycles. The molecule has 4 rings (SSSR count). The van der Waals surface area contributed by atoms with Gasteiger partial charge in [-0.25, -0.2) is 9.69 Å². The smallest absolute Gasteiger partial charge is 0.336 e. The van der Waals surface area contributed by atoms with Gasteiger partial charge in [0, 0.05) is 30.0 Å². The number of aryl methyl sites for hydroxylation is 1. The molecule has 0 bridgehead atoms. The van der Waals surface area contributed by atoms with Gasteiger partial charge in [0.2, 0.25) is 0 Å². The van der Waals surface area contributed by atoms with Crippen LogP contribution in [-0.2, 0) is 11.3 Å². The van der Waals surface area contributed by atoms with Gasteiger partial charge in [-0.15, -0.1) is 0 Å². The first-order valence-corrected chi connectivity index (χ1v) is 10.8. The fourth-order valence-electron chi connectivity index (χ4n) is 4.49. The van der Waals surface area contributed by atoms with Gasteiger partial charge in [0.15, 0.2) is 6.67 Å². The van der Waals surface area contributed by atoms with Crippen molar-refractivity contribution in [3.05, 3.63) is 59.7 Å². The van der Waals surface area contributed by atoms with Crippen LogP contribution >= 0.6 is 0 Å². The van der Waals surface area contributed by atoms with Crippen molar-refractivity contribution in [2.24, 2.45) is 0 Å². The molecule has 158 valence electrons. The second kappa shape index (κ2) is 8.48. The first-order valence-electron chi connectivity index (χ1n) is 10.8. The maximum atomic E-state index is 13.1. The minimum absolute atomic E-state index is 0.132. The SMILES string of the molecule is Cc1ccc(N2C(=O)N(C[NH+](C)Cc3ccccc3N3CCCC3)C(=O)[C@@H]2C)cc1. The van der Waals surface area contributed by atoms with Crippen LogP contribution in [-0.4, -0.2) is 49.7 Å². The Bertz CT molecular complexity index is 921. The molecule has 2 saturated heterocycles. The highest BCUT2D eigenvalue weighted by Crippen LogP contribution is 2.26. The summed E-state index contributed by atoms with van der Waals surface area (Å²) in [7, 11) is 2.04. The number of quaternary nitrogens is 1. The predicted octanol–water partition coefficient (Wildman–Crippen LogP) is 2.42. The van der Waals surface area contributed by atoms with E-state index >= 15 is 0 Å². The molecule has 6 nitrogen and oxygen atoms in total. The van der Waals surface area contributed by atoms with Crippen molar-refractivity contribution < 1.29 is 14.5 Å². The van der Waals surface area contributed by atoms with Gasteiger partial charge in [-0.2, -0.15) is 0 Å². The summed E-state index contributed by atoms with van der Waals surface area (Å²) < 4.78 is 0. The molecule has 3 amide bonds. The molecule has 2 aromatic rings. The number of anilines is 2. The highest BCUT2D eigenvalue weighted by Gasteiger charge is 2.44. The number of nitrogens with zero attached hydrogens (tertiary/aromatic N) is 3. The number of hydrogen-bond donors (Lipinski definition) is 1. The summed E-state index contributed by atoms with van der Waals surface area (Å²) in [6.45, 7) is 7.14. The molecule has 6 heteroatoms. The van der Waals surface area contributed by atoms with Crippen molar-refractivity contribution in [1.29, 1.82) is 0 Å². The van der Waals surface area contributed by atoms with Crippen LogP contribution in [0.25, 0.3) is 0 Å². The lowest BCUT2D eigenvalue weighted by atomic mass is 10.1. The number of imide groups is 1. The van der Waals surface area contributed by atoms with E-state index in [1.54, 1.807) is 11.8 Å². The molecular formula is C24H31N4O2+. The summed E-state index contributed by atoms with van der Waals surface area (Å²) in [5.41, 5.74) is 4.44. The van der Waals surface area contributed by atoms with Crippen molar-refractivity contribution in [3.8, 4) is 0 Å². The molecule has 0 radical (unpaired) electrons. The van der Waals surface area contributed by atoms with Crippen molar-refractivity contribution in [2.45, 2.75) is 39.3 Å². The Balaban J connectivity index is 1.47. The average molecular weight is 408 g/mol. The van der Waals surface area contributed by atoms with Crippen LogP contribution in [0.1, 0.15) is 30.9 Å². The number of urea groups is 1. The lowest BCUT2D eigenvalue weighted by molar-refractivity contribution is -0.901. The summed E-state index contributed by atoms with van der Waals surface area (Å²) in [5, 5.41) is 0. The average Bonchev–Trinajstić information content (AvgIpc) is 3.34. The highest BCUT2D eigenvalue weighted by molar-refractivity contribution is 6.13. The summed E-state index contributed by atoms with van der Waals surface area (Å²) >= 11 is 0. The second-order valence-electron chi connectivity index (χ2n) is 8.55. The predicted molar refractivity (Wildman–Crippen MR) is 119 cm³/mol. The van der Waals surface area contributed by atoms with Crippen LogP contribution in [0, 0.1) is 6.92 Å². The summed E-state index contributed by atoms with van der Waals surface area (Å²) in [5.74, 6) is -0.132. The molecule has 0 aliphatic carbocycles. The number of rotatable bonds is 6. The summed E-state index contributed by atoms with van der Waals surface area (Å²) in [6, 6.07) is 15.5. The second-order valence-corrected chi connectivity index (χ2v) is 8.55. The van der Waals surface area contributed by atoms with Crippen LogP contribution in [0.4, 0.5) is 16.2 Å². The molecule has 0 aromatic heterocycles. The lowest BCUT2D eigenvalue weighted by Gasteiger charge is -2.24. The van der Waals surface area contributed by atoms with E-state index in [0.717, 1.165) is 35.8 Å². The lowest BCUT2D eigenvalue weighted by Crippen LogP contribution is -3.09. The largest absolute Gasteiger partial charge is 0.371 e. The van der Waals surface area contributed by atoms with E-state index in [1.165, 1.54) is 29.0 Å². The van der Waals surface area contributed by atoms with E-state index in [1.807, 2.05) is 38.2 Å². The van der Waals surface area contributed by atoms with Gasteiger partial charge < -0.3 is 9.80 Å². The van der Waals surface area contributed by atoms with Crippen LogP contribution in [0.3, 0.4) is 0 Å². The van der Waals surface area contributed by atoms with Gasteiger partial charge in [-0.1, -0.05) is 35.9 Å². The number of benzene rings is 2. The molecule has 2 fully saturated rings. The monoisotopic (exact) mass is 407 g/mol. The van der Waals surface area contributed by atoms with E-state index in [2.05, 4.69) is 29.2 Å². The minimum atomic E-state index is -0.482. The van der Waals surface area contributed by atoms with Crippen LogP contribution < -0.4 is 14.7 Å². The zero-order valence-corrected chi connectivity index (χ0v) is 18.1. The highest BCUT2D eigenvalue weighted by atomic mass is 16.2. The Morgan fingerprint density at radius 1 is 1.00 bits per heavy atom. The number of para-hydroxylation sites is 1. The Morgan fingerprint density at radius 3 is 2.37 bits per heavy atom. The van der Waals surface area contributed by atoms with Gasteiger partial charge in [0.25, 0.3) is 5.91 Å². The molecule has 30 heavy (non-hydrogen) atoms. The number of hydrogen-bond acceptors (Lipinski definition) is 3. The third-order valence-electron chi connectivity index (χ3n) is 6.12. The number of nitrogens with one attached hydrogen (secondary N) is 1. The molecule has 2 aliphatic heterocycles. The van der Waals surface area contributed by atoms with Gasteiger partial charge >= 0.3 is 6.03 Å². The minimum Gasteiger partial charge on any atom is -0.371 e. The quantitative estimate of drug-likeness (QED) is 0.749. The summed E-state index contributed by atoms with van der Waals surface area (Å²) in [4.78, 5) is 32.5. The Hall–Kier alpha value is -2.86. The topological polar surface area (TPSA) is 48.3 Å². The zero-order chi connectivity index (χ0) is 21.3. The van der Waals surface area contributed by atoms with Gasteiger partial charge in [-0.05, 0) is 44.9 Å². The Labute approximate surface area is 178 Å². The van der Waals surface area contributed by atoms with E-state index < -0.39 is 6.04 Å². The van der Waals surface area contributed by atoms with Gasteiger partial charge in [-0.3, -0.25) is 9.69 Å². The third kappa shape index (κ3) is 3.92. The van der Waals surface area contributed by atoms with Crippen molar-refractivity contribution in [3.63, 3.8) is 0 Å². The molecule has 2 aliphatic rings. The number of carbonyl (C=O) groups is 2. The van der Waals surface area contributed by atoms with E-state index in [9.17, 15) is 9.59 Å². The number of amides is 3. The van der Waals surface area contributed by atoms with Gasteiger partial charge in [0.05, 0.1) is 7.05 Å². The Kier molecular flexibility index (Phi) is 5.77. The molecule has 1 N–H and O–H groups in total. The standard InChI is InChI=1S/C24H30N4O2/c1-18-10-12-21(13-11-18)28-19(2)23(29)27(24(28)30)17-25(3)16-20-8-4-5-9-22(20)26-14-6-7-15-26/h4-5,8-13,19H,6-7,14-17H2,1-3H3/p+1/t19-/m0/s1. The van der Waals surface area contributed by atoms with Crippen molar-refractivity contribution in [2.75, 3.05) is 36.6 Å². The number of carbonyl (C=O) groups excluding carboxylic acids is 2. The van der Waals surface area contributed by atoms with E-state index in [-0.39, 0.29) is 11.9 Å². The molecule has 2 aromatic carbocycles. The zero-order valence-electron chi connectivity index (χ0n) is 18.1. The van der Waals surface area contributed by atoms with E-state index in [0.29, 0.717) is 6.67 Å². The molecule has 1 unspecified atom stereocenters. The first kappa shape index (κ1) is 20.4. The third-order valence-corrected chi connectivity index (χ3v) is 6.12.